The minimum absolute atomic E-state index is 0.125. The number of ether oxygens (including phenoxy) is 1. The van der Waals surface area contributed by atoms with Crippen LogP contribution in [0.3, 0.4) is 0 Å². The third-order valence-electron chi connectivity index (χ3n) is 5.34. The Morgan fingerprint density at radius 1 is 1.29 bits per heavy atom. The Hall–Kier alpha value is -2.40. The normalized spacial score (nSPS) is 17.3. The lowest BCUT2D eigenvalue weighted by atomic mass is 9.93. The zero-order valence-corrected chi connectivity index (χ0v) is 17.0. The zero-order chi connectivity index (χ0) is 19.8. The van der Waals surface area contributed by atoms with Crippen molar-refractivity contribution in [3.05, 3.63) is 59.4 Å². The number of hydrogen-bond acceptors (Lipinski definition) is 4. The van der Waals surface area contributed by atoms with Crippen LogP contribution in [0.1, 0.15) is 42.6 Å². The van der Waals surface area contributed by atoms with Crippen LogP contribution in [0.5, 0.6) is 5.75 Å². The summed E-state index contributed by atoms with van der Waals surface area (Å²) in [6.07, 6.45) is 3.94. The number of methoxy groups -OCH3 is 1. The fraction of sp³-hybridized carbons (Fsp3) is 0.478. The van der Waals surface area contributed by atoms with Gasteiger partial charge < -0.3 is 10.1 Å². The summed E-state index contributed by atoms with van der Waals surface area (Å²) in [5.74, 6) is 1.53. The molecule has 0 aliphatic carbocycles. The van der Waals surface area contributed by atoms with Gasteiger partial charge in [0.15, 0.2) is 0 Å². The highest BCUT2D eigenvalue weighted by Gasteiger charge is 2.21. The summed E-state index contributed by atoms with van der Waals surface area (Å²) in [7, 11) is 1.65. The molecule has 1 aliphatic rings. The van der Waals surface area contributed by atoms with Crippen LogP contribution >= 0.6 is 0 Å². The van der Waals surface area contributed by atoms with E-state index in [4.69, 9.17) is 4.74 Å². The largest absolute Gasteiger partial charge is 0.497 e. The first-order chi connectivity index (χ1) is 13.6. The van der Waals surface area contributed by atoms with Gasteiger partial charge in [0, 0.05) is 31.7 Å². The molecular weight excluding hydrogens is 350 g/mol. The third-order valence-corrected chi connectivity index (χ3v) is 5.34. The number of benzene rings is 1. The number of nitrogens with one attached hydrogen (secondary N) is 1. The Morgan fingerprint density at radius 2 is 2.14 bits per heavy atom. The van der Waals surface area contributed by atoms with Gasteiger partial charge in [-0.2, -0.15) is 0 Å². The second kappa shape index (κ2) is 10.2. The van der Waals surface area contributed by atoms with E-state index in [0.29, 0.717) is 18.9 Å². The number of aromatic nitrogens is 1. The predicted octanol–water partition coefficient (Wildman–Crippen LogP) is 3.71. The number of aryl methyl sites for hydroxylation is 1. The molecule has 0 radical (unpaired) electrons. The van der Waals surface area contributed by atoms with Crippen molar-refractivity contribution in [1.29, 1.82) is 0 Å². The molecule has 1 N–H and O–H groups in total. The van der Waals surface area contributed by atoms with Crippen molar-refractivity contribution < 1.29 is 9.53 Å². The van der Waals surface area contributed by atoms with Crippen molar-refractivity contribution >= 4 is 5.91 Å². The van der Waals surface area contributed by atoms with Gasteiger partial charge in [-0.25, -0.2) is 0 Å². The summed E-state index contributed by atoms with van der Waals surface area (Å²) in [6.45, 7) is 5.66. The lowest BCUT2D eigenvalue weighted by Crippen LogP contribution is -2.35. The summed E-state index contributed by atoms with van der Waals surface area (Å²) in [5, 5.41) is 3.03. The molecule has 1 saturated heterocycles. The Kier molecular flexibility index (Phi) is 7.43. The molecule has 5 nitrogen and oxygen atoms in total. The summed E-state index contributed by atoms with van der Waals surface area (Å²) >= 11 is 0. The molecule has 0 unspecified atom stereocenters. The fourth-order valence-electron chi connectivity index (χ4n) is 3.85. The number of piperidine rings is 1. The van der Waals surface area contributed by atoms with Crippen molar-refractivity contribution in [3.63, 3.8) is 0 Å². The van der Waals surface area contributed by atoms with Gasteiger partial charge in [-0.05, 0) is 68.5 Å². The second-order valence-corrected chi connectivity index (χ2v) is 7.68. The van der Waals surface area contributed by atoms with Crippen molar-refractivity contribution in [2.75, 3.05) is 20.2 Å². The van der Waals surface area contributed by atoms with Gasteiger partial charge in [-0.3, -0.25) is 14.7 Å². The highest BCUT2D eigenvalue weighted by molar-refractivity contribution is 5.75. The zero-order valence-electron chi connectivity index (χ0n) is 17.0. The Labute approximate surface area is 168 Å². The molecule has 1 aromatic carbocycles. The SMILES string of the molecule is COc1cccc(CNC(=O)CC[C@@H]2CCCN(Cc3cccc(C)n3)C2)c1. The Morgan fingerprint density at radius 3 is 2.96 bits per heavy atom. The number of amides is 1. The number of carbonyl (C=O) groups is 1. The van der Waals surface area contributed by atoms with Gasteiger partial charge in [-0.1, -0.05) is 18.2 Å². The van der Waals surface area contributed by atoms with Gasteiger partial charge in [0.05, 0.1) is 12.8 Å². The summed E-state index contributed by atoms with van der Waals surface area (Å²) < 4.78 is 5.23. The minimum atomic E-state index is 0.125. The van der Waals surface area contributed by atoms with Gasteiger partial charge in [0.1, 0.15) is 5.75 Å². The topological polar surface area (TPSA) is 54.5 Å². The first kappa shape index (κ1) is 20.3. The molecule has 0 bridgehead atoms. The Bertz CT molecular complexity index is 778. The van der Waals surface area contributed by atoms with Gasteiger partial charge in [0.2, 0.25) is 5.91 Å². The number of pyridine rings is 1. The maximum atomic E-state index is 12.3. The summed E-state index contributed by atoms with van der Waals surface area (Å²) in [5.41, 5.74) is 3.26. The van der Waals surface area contributed by atoms with Crippen LogP contribution in [0.4, 0.5) is 0 Å². The van der Waals surface area contributed by atoms with Crippen LogP contribution in [0.15, 0.2) is 42.5 Å². The van der Waals surface area contributed by atoms with Crippen LogP contribution in [0.25, 0.3) is 0 Å². The second-order valence-electron chi connectivity index (χ2n) is 7.68. The molecule has 1 aromatic heterocycles. The maximum absolute atomic E-state index is 12.3. The van der Waals surface area contributed by atoms with Gasteiger partial charge >= 0.3 is 0 Å². The predicted molar refractivity (Wildman–Crippen MR) is 111 cm³/mol. The highest BCUT2D eigenvalue weighted by atomic mass is 16.5. The highest BCUT2D eigenvalue weighted by Crippen LogP contribution is 2.22. The van der Waals surface area contributed by atoms with E-state index in [0.717, 1.165) is 48.8 Å². The first-order valence-electron chi connectivity index (χ1n) is 10.2. The molecule has 5 heteroatoms. The van der Waals surface area contributed by atoms with E-state index in [1.165, 1.54) is 12.8 Å². The van der Waals surface area contributed by atoms with Crippen molar-refractivity contribution in [2.45, 2.75) is 45.7 Å². The van der Waals surface area contributed by atoms with Gasteiger partial charge in [0.25, 0.3) is 0 Å². The van der Waals surface area contributed by atoms with E-state index < -0.39 is 0 Å². The number of likely N-dealkylation sites (tertiary alicyclic amines) is 1. The molecule has 1 atom stereocenters. The average Bonchev–Trinajstić information content (AvgIpc) is 2.71. The number of hydrogen-bond donors (Lipinski definition) is 1. The molecule has 3 rings (SSSR count). The minimum Gasteiger partial charge on any atom is -0.497 e. The quantitative estimate of drug-likeness (QED) is 0.757. The van der Waals surface area contributed by atoms with Crippen molar-refractivity contribution in [2.24, 2.45) is 5.92 Å². The molecule has 2 heterocycles. The van der Waals surface area contributed by atoms with E-state index in [1.54, 1.807) is 7.11 Å². The molecule has 2 aromatic rings. The van der Waals surface area contributed by atoms with Crippen LogP contribution in [-0.2, 0) is 17.9 Å². The van der Waals surface area contributed by atoms with E-state index in [-0.39, 0.29) is 5.91 Å². The number of rotatable bonds is 8. The number of nitrogens with zero attached hydrogens (tertiary/aromatic N) is 2. The molecule has 150 valence electrons. The fourth-order valence-corrected chi connectivity index (χ4v) is 3.85. The smallest absolute Gasteiger partial charge is 0.220 e. The molecule has 0 spiro atoms. The standard InChI is InChI=1S/C23H31N3O2/c1-18-6-3-9-21(25-18)17-26-13-5-8-19(16-26)11-12-23(27)24-15-20-7-4-10-22(14-20)28-2/h3-4,6-7,9-10,14,19H,5,8,11-13,15-17H2,1-2H3,(H,24,27)/t19-/m0/s1. The van der Waals surface area contributed by atoms with Crippen LogP contribution < -0.4 is 10.1 Å². The van der Waals surface area contributed by atoms with E-state index in [2.05, 4.69) is 27.3 Å². The average molecular weight is 382 g/mol. The molecule has 28 heavy (non-hydrogen) atoms. The molecule has 0 saturated carbocycles. The maximum Gasteiger partial charge on any atom is 0.220 e. The lowest BCUT2D eigenvalue weighted by Gasteiger charge is -2.32. The van der Waals surface area contributed by atoms with Crippen LogP contribution in [0.2, 0.25) is 0 Å². The van der Waals surface area contributed by atoms with Crippen molar-refractivity contribution in [1.82, 2.24) is 15.2 Å². The van der Waals surface area contributed by atoms with E-state index in [9.17, 15) is 4.79 Å². The lowest BCUT2D eigenvalue weighted by molar-refractivity contribution is -0.121. The van der Waals surface area contributed by atoms with Crippen molar-refractivity contribution in [3.8, 4) is 5.75 Å². The monoisotopic (exact) mass is 381 g/mol. The summed E-state index contributed by atoms with van der Waals surface area (Å²) in [4.78, 5) is 19.4. The summed E-state index contributed by atoms with van der Waals surface area (Å²) in [6, 6.07) is 14.0. The first-order valence-corrected chi connectivity index (χ1v) is 10.2. The van der Waals surface area contributed by atoms with E-state index in [1.807, 2.05) is 37.3 Å². The molecular formula is C23H31N3O2. The van der Waals surface area contributed by atoms with Crippen LogP contribution in [-0.4, -0.2) is 36.0 Å². The van der Waals surface area contributed by atoms with Crippen LogP contribution in [0, 0.1) is 12.8 Å². The molecule has 1 fully saturated rings. The number of carbonyl (C=O) groups excluding carboxylic acids is 1. The van der Waals surface area contributed by atoms with Gasteiger partial charge in [-0.15, -0.1) is 0 Å². The Balaban J connectivity index is 1.40. The van der Waals surface area contributed by atoms with E-state index >= 15 is 0 Å². The molecule has 1 aliphatic heterocycles. The molecule has 1 amide bonds. The third kappa shape index (κ3) is 6.34.